The Morgan fingerprint density at radius 2 is 1.62 bits per heavy atom. The fourth-order valence-corrected chi connectivity index (χ4v) is 5.93. The SMILES string of the molecule is Cc1ccc2nc(-c3ccc(NC(=O)c4ccc(CN(c5ccccc5)S(C)(=O)=O)cc4)cc3)sc2c1. The number of hydrogen-bond acceptors (Lipinski definition) is 5. The number of nitrogens with one attached hydrogen (secondary N) is 1. The van der Waals surface area contributed by atoms with Crippen LogP contribution in [0.25, 0.3) is 20.8 Å². The van der Waals surface area contributed by atoms with Gasteiger partial charge in [-0.25, -0.2) is 13.4 Å². The smallest absolute Gasteiger partial charge is 0.255 e. The van der Waals surface area contributed by atoms with Gasteiger partial charge in [0, 0.05) is 16.8 Å². The Hall–Kier alpha value is -4.01. The van der Waals surface area contributed by atoms with Crippen molar-refractivity contribution in [3.8, 4) is 10.6 Å². The molecule has 0 saturated heterocycles. The first kappa shape index (κ1) is 24.7. The van der Waals surface area contributed by atoms with E-state index in [9.17, 15) is 13.2 Å². The Bertz CT molecular complexity index is 1660. The van der Waals surface area contributed by atoms with E-state index in [0.29, 0.717) is 16.9 Å². The fraction of sp³-hybridized carbons (Fsp3) is 0.103. The molecule has 1 aromatic heterocycles. The Kier molecular flexibility index (Phi) is 6.78. The summed E-state index contributed by atoms with van der Waals surface area (Å²) in [5.41, 5.74) is 5.72. The van der Waals surface area contributed by atoms with Crippen molar-refractivity contribution < 1.29 is 13.2 Å². The van der Waals surface area contributed by atoms with Crippen LogP contribution in [0.1, 0.15) is 21.5 Å². The molecule has 8 heteroatoms. The van der Waals surface area contributed by atoms with Crippen molar-refractivity contribution in [1.29, 1.82) is 0 Å². The van der Waals surface area contributed by atoms with Crippen molar-refractivity contribution in [3.05, 3.63) is 114 Å². The highest BCUT2D eigenvalue weighted by atomic mass is 32.2. The van der Waals surface area contributed by atoms with Crippen LogP contribution in [0.15, 0.2) is 97.1 Å². The van der Waals surface area contributed by atoms with E-state index in [-0.39, 0.29) is 12.5 Å². The van der Waals surface area contributed by atoms with E-state index < -0.39 is 10.0 Å². The van der Waals surface area contributed by atoms with Crippen LogP contribution in [-0.4, -0.2) is 25.6 Å². The standard InChI is InChI=1S/C29H25N3O3S2/c1-20-8-17-26-27(18-20)36-29(31-26)23-13-15-24(16-14-23)30-28(33)22-11-9-21(10-12-22)19-32(37(2,34)35)25-6-4-3-5-7-25/h3-18H,19H2,1-2H3,(H,30,33). The Morgan fingerprint density at radius 3 is 2.30 bits per heavy atom. The summed E-state index contributed by atoms with van der Waals surface area (Å²) in [6.07, 6.45) is 1.19. The fourth-order valence-electron chi connectivity index (χ4n) is 3.98. The van der Waals surface area contributed by atoms with Gasteiger partial charge in [-0.05, 0) is 78.7 Å². The Morgan fingerprint density at radius 1 is 0.919 bits per heavy atom. The maximum atomic E-state index is 12.8. The second-order valence-electron chi connectivity index (χ2n) is 8.82. The number of fused-ring (bicyclic) bond motifs is 1. The zero-order valence-corrected chi connectivity index (χ0v) is 22.0. The summed E-state index contributed by atoms with van der Waals surface area (Å²) in [5.74, 6) is -0.238. The summed E-state index contributed by atoms with van der Waals surface area (Å²) in [6.45, 7) is 2.25. The zero-order chi connectivity index (χ0) is 26.0. The van der Waals surface area contributed by atoms with Crippen LogP contribution in [0, 0.1) is 6.92 Å². The summed E-state index contributed by atoms with van der Waals surface area (Å²) in [6, 6.07) is 29.8. The molecular weight excluding hydrogens is 502 g/mol. The van der Waals surface area contributed by atoms with E-state index in [1.54, 1.807) is 59.9 Å². The molecule has 0 unspecified atom stereocenters. The molecule has 0 bridgehead atoms. The number of para-hydroxylation sites is 1. The van der Waals surface area contributed by atoms with E-state index in [0.717, 1.165) is 26.4 Å². The number of thiazole rings is 1. The average Bonchev–Trinajstić information content (AvgIpc) is 3.31. The third kappa shape index (κ3) is 5.71. The van der Waals surface area contributed by atoms with E-state index in [2.05, 4.69) is 24.4 Å². The van der Waals surface area contributed by atoms with E-state index >= 15 is 0 Å². The van der Waals surface area contributed by atoms with Gasteiger partial charge in [0.15, 0.2) is 0 Å². The molecule has 0 spiro atoms. The summed E-state index contributed by atoms with van der Waals surface area (Å²) in [5, 5.41) is 3.86. The van der Waals surface area contributed by atoms with Crippen molar-refractivity contribution in [2.75, 3.05) is 15.9 Å². The number of aromatic nitrogens is 1. The highest BCUT2D eigenvalue weighted by molar-refractivity contribution is 7.92. The first-order chi connectivity index (χ1) is 17.8. The lowest BCUT2D eigenvalue weighted by Gasteiger charge is -2.22. The van der Waals surface area contributed by atoms with Crippen LogP contribution in [0.2, 0.25) is 0 Å². The van der Waals surface area contributed by atoms with Crippen molar-refractivity contribution >= 4 is 48.9 Å². The molecule has 0 atom stereocenters. The van der Waals surface area contributed by atoms with Gasteiger partial charge in [0.2, 0.25) is 10.0 Å². The molecule has 0 radical (unpaired) electrons. The Labute approximate surface area is 220 Å². The molecule has 0 aliphatic heterocycles. The van der Waals surface area contributed by atoms with E-state index in [4.69, 9.17) is 4.98 Å². The average molecular weight is 528 g/mol. The molecule has 1 N–H and O–H groups in total. The molecular formula is C29H25N3O3S2. The second kappa shape index (κ2) is 10.2. The molecule has 0 aliphatic rings. The first-order valence-electron chi connectivity index (χ1n) is 11.7. The molecule has 4 aromatic carbocycles. The number of sulfonamides is 1. The second-order valence-corrected chi connectivity index (χ2v) is 11.8. The quantitative estimate of drug-likeness (QED) is 0.262. The monoisotopic (exact) mass is 527 g/mol. The van der Waals surface area contributed by atoms with E-state index in [1.807, 2.05) is 36.4 Å². The highest BCUT2D eigenvalue weighted by Crippen LogP contribution is 2.31. The van der Waals surface area contributed by atoms with Gasteiger partial charge in [-0.1, -0.05) is 36.4 Å². The topological polar surface area (TPSA) is 79.4 Å². The summed E-state index contributed by atoms with van der Waals surface area (Å²) in [4.78, 5) is 17.5. The van der Waals surface area contributed by atoms with Gasteiger partial charge in [-0.2, -0.15) is 0 Å². The number of amides is 1. The van der Waals surface area contributed by atoms with Crippen LogP contribution >= 0.6 is 11.3 Å². The number of carbonyl (C=O) groups excluding carboxylic acids is 1. The predicted molar refractivity (Wildman–Crippen MR) is 152 cm³/mol. The van der Waals surface area contributed by atoms with Crippen molar-refractivity contribution in [3.63, 3.8) is 0 Å². The van der Waals surface area contributed by atoms with E-state index in [1.165, 1.54) is 16.1 Å². The van der Waals surface area contributed by atoms with Crippen LogP contribution < -0.4 is 9.62 Å². The minimum Gasteiger partial charge on any atom is -0.322 e. The van der Waals surface area contributed by atoms with Crippen molar-refractivity contribution in [1.82, 2.24) is 4.98 Å². The van der Waals surface area contributed by atoms with Crippen LogP contribution in [0.4, 0.5) is 11.4 Å². The summed E-state index contributed by atoms with van der Waals surface area (Å²) < 4.78 is 27.2. The third-order valence-electron chi connectivity index (χ3n) is 5.92. The van der Waals surface area contributed by atoms with Gasteiger partial charge in [0.1, 0.15) is 5.01 Å². The molecule has 0 fully saturated rings. The minimum absolute atomic E-state index is 0.178. The van der Waals surface area contributed by atoms with Crippen molar-refractivity contribution in [2.24, 2.45) is 0 Å². The number of anilines is 2. The molecule has 0 saturated carbocycles. The lowest BCUT2D eigenvalue weighted by molar-refractivity contribution is 0.102. The number of hydrogen-bond donors (Lipinski definition) is 1. The number of rotatable bonds is 7. The third-order valence-corrected chi connectivity index (χ3v) is 8.13. The van der Waals surface area contributed by atoms with Gasteiger partial charge >= 0.3 is 0 Å². The maximum absolute atomic E-state index is 12.8. The first-order valence-corrected chi connectivity index (χ1v) is 14.3. The molecule has 5 aromatic rings. The normalized spacial score (nSPS) is 11.4. The van der Waals surface area contributed by atoms with Crippen LogP contribution in [0.5, 0.6) is 0 Å². The molecule has 1 heterocycles. The molecule has 6 nitrogen and oxygen atoms in total. The zero-order valence-electron chi connectivity index (χ0n) is 20.4. The molecule has 5 rings (SSSR count). The lowest BCUT2D eigenvalue weighted by atomic mass is 10.1. The van der Waals surface area contributed by atoms with Crippen LogP contribution in [0.3, 0.4) is 0 Å². The van der Waals surface area contributed by atoms with Gasteiger partial charge in [0.05, 0.1) is 28.7 Å². The van der Waals surface area contributed by atoms with Crippen molar-refractivity contribution in [2.45, 2.75) is 13.5 Å². The maximum Gasteiger partial charge on any atom is 0.255 e. The Balaban J connectivity index is 1.26. The number of carbonyl (C=O) groups is 1. The lowest BCUT2D eigenvalue weighted by Crippen LogP contribution is -2.29. The minimum atomic E-state index is -3.47. The summed E-state index contributed by atoms with van der Waals surface area (Å²) in [7, 11) is -3.47. The van der Waals surface area contributed by atoms with Gasteiger partial charge < -0.3 is 5.32 Å². The number of aryl methyl sites for hydroxylation is 1. The molecule has 37 heavy (non-hydrogen) atoms. The molecule has 0 aliphatic carbocycles. The largest absolute Gasteiger partial charge is 0.322 e. The molecule has 186 valence electrons. The van der Waals surface area contributed by atoms with Gasteiger partial charge in [-0.3, -0.25) is 9.10 Å². The number of benzene rings is 4. The predicted octanol–water partition coefficient (Wildman–Crippen LogP) is 6.49. The number of nitrogens with zero attached hydrogens (tertiary/aromatic N) is 2. The summed E-state index contributed by atoms with van der Waals surface area (Å²) >= 11 is 1.65. The molecule has 1 amide bonds. The van der Waals surface area contributed by atoms with Crippen LogP contribution in [-0.2, 0) is 16.6 Å². The van der Waals surface area contributed by atoms with Gasteiger partial charge in [-0.15, -0.1) is 11.3 Å². The van der Waals surface area contributed by atoms with Gasteiger partial charge in [0.25, 0.3) is 5.91 Å². The highest BCUT2D eigenvalue weighted by Gasteiger charge is 2.18.